The number of esters is 1. The lowest BCUT2D eigenvalue weighted by Gasteiger charge is -2.03. The van der Waals surface area contributed by atoms with Crippen molar-refractivity contribution in [2.24, 2.45) is 5.92 Å². The summed E-state index contributed by atoms with van der Waals surface area (Å²) in [6, 6.07) is 0. The maximum atomic E-state index is 11.2. The van der Waals surface area contributed by atoms with E-state index < -0.39 is 11.7 Å². The average Bonchev–Trinajstić information content (AvgIpc) is 2.58. The fourth-order valence-electron chi connectivity index (χ4n) is 1.38. The molecule has 0 saturated carbocycles. The number of hydrogen-bond acceptors (Lipinski definition) is 4. The molecule has 0 fully saturated rings. The normalized spacial score (nSPS) is 16.0. The lowest BCUT2D eigenvalue weighted by atomic mass is 10.0. The second-order valence-electron chi connectivity index (χ2n) is 3.41. The van der Waals surface area contributed by atoms with Gasteiger partial charge < -0.3 is 9.84 Å². The lowest BCUT2D eigenvalue weighted by molar-refractivity contribution is -0.136. The van der Waals surface area contributed by atoms with Gasteiger partial charge in [-0.05, 0) is 0 Å². The lowest BCUT2D eigenvalue weighted by Crippen LogP contribution is -2.07. The van der Waals surface area contributed by atoms with Gasteiger partial charge >= 0.3 is 11.7 Å². The molecule has 0 saturated heterocycles. The molecule has 1 aliphatic rings. The predicted octanol–water partition coefficient (Wildman–Crippen LogP) is 2.47. The Labute approximate surface area is 99.0 Å². The molecular formula is C12H13N2O3+. The molecule has 1 N–H and O–H groups in total. The molecule has 1 rings (SSSR count). The summed E-state index contributed by atoms with van der Waals surface area (Å²) in [5.74, 6) is -1.24. The Morgan fingerprint density at radius 2 is 1.94 bits per heavy atom. The number of nitrogens with zero attached hydrogens (tertiary/aromatic N) is 2. The van der Waals surface area contributed by atoms with Crippen LogP contribution in [0.1, 0.15) is 6.42 Å². The summed E-state index contributed by atoms with van der Waals surface area (Å²) in [5, 5.41) is 18.3. The van der Waals surface area contributed by atoms with Crippen LogP contribution >= 0.6 is 0 Å². The SMILES string of the molecule is COC(=O)/C([N+]#N)=C(\O)CC1C=CC=CC=C1. The molecule has 0 aromatic carbocycles. The fraction of sp³-hybridized carbons (Fsp3) is 0.250. The summed E-state index contributed by atoms with van der Waals surface area (Å²) in [6.07, 6.45) is 11.3. The maximum absolute atomic E-state index is 11.2. The third-order valence-corrected chi connectivity index (χ3v) is 2.23. The van der Waals surface area contributed by atoms with Gasteiger partial charge in [0.2, 0.25) is 5.39 Å². The van der Waals surface area contributed by atoms with Crippen LogP contribution in [-0.4, -0.2) is 18.2 Å². The van der Waals surface area contributed by atoms with Gasteiger partial charge in [0.05, 0.1) is 7.11 Å². The monoisotopic (exact) mass is 233 g/mol. The smallest absolute Gasteiger partial charge is 0.505 e. The molecule has 0 radical (unpaired) electrons. The largest absolute Gasteiger partial charge is 0.505 e. The van der Waals surface area contributed by atoms with Gasteiger partial charge in [-0.2, -0.15) is 0 Å². The van der Waals surface area contributed by atoms with Crippen molar-refractivity contribution in [3.63, 3.8) is 0 Å². The van der Waals surface area contributed by atoms with Crippen LogP contribution in [0.5, 0.6) is 0 Å². The molecule has 0 spiro atoms. The minimum Gasteiger partial charge on any atom is -0.505 e. The third kappa shape index (κ3) is 3.61. The van der Waals surface area contributed by atoms with E-state index in [-0.39, 0.29) is 18.1 Å². The van der Waals surface area contributed by atoms with Gasteiger partial charge in [-0.25, -0.2) is 4.79 Å². The highest BCUT2D eigenvalue weighted by Gasteiger charge is 2.30. The molecule has 88 valence electrons. The van der Waals surface area contributed by atoms with Gasteiger partial charge in [0.1, 0.15) is 0 Å². The van der Waals surface area contributed by atoms with Crippen LogP contribution in [0.15, 0.2) is 47.9 Å². The van der Waals surface area contributed by atoms with Gasteiger partial charge in [0.15, 0.2) is 10.7 Å². The van der Waals surface area contributed by atoms with Crippen LogP contribution in [0.4, 0.5) is 0 Å². The summed E-state index contributed by atoms with van der Waals surface area (Å²) < 4.78 is 4.38. The zero-order chi connectivity index (χ0) is 12.7. The number of diazo groups is 1. The van der Waals surface area contributed by atoms with Gasteiger partial charge in [0.25, 0.3) is 0 Å². The first kappa shape index (κ1) is 12.7. The molecule has 0 aromatic heterocycles. The van der Waals surface area contributed by atoms with Gasteiger partial charge in [0, 0.05) is 12.3 Å². The van der Waals surface area contributed by atoms with E-state index in [1.54, 1.807) is 0 Å². The van der Waals surface area contributed by atoms with Crippen LogP contribution in [0.3, 0.4) is 0 Å². The Bertz CT molecular complexity index is 437. The Morgan fingerprint density at radius 1 is 1.35 bits per heavy atom. The molecule has 0 unspecified atom stereocenters. The molecule has 17 heavy (non-hydrogen) atoms. The zero-order valence-corrected chi connectivity index (χ0v) is 9.41. The molecule has 0 atom stereocenters. The summed E-state index contributed by atoms with van der Waals surface area (Å²) >= 11 is 0. The summed E-state index contributed by atoms with van der Waals surface area (Å²) in [4.78, 5) is 13.9. The number of allylic oxidation sites excluding steroid dienone is 7. The van der Waals surface area contributed by atoms with Crippen molar-refractivity contribution in [1.82, 2.24) is 0 Å². The topological polar surface area (TPSA) is 74.7 Å². The van der Waals surface area contributed by atoms with Crippen molar-refractivity contribution in [1.29, 1.82) is 5.39 Å². The number of carbonyl (C=O) groups excluding carboxylic acids is 1. The Morgan fingerprint density at radius 3 is 2.41 bits per heavy atom. The van der Waals surface area contributed by atoms with Crippen LogP contribution in [0.2, 0.25) is 0 Å². The van der Waals surface area contributed by atoms with Gasteiger partial charge in [-0.1, -0.05) is 36.5 Å². The van der Waals surface area contributed by atoms with Crippen LogP contribution < -0.4 is 0 Å². The van der Waals surface area contributed by atoms with Gasteiger partial charge in [-0.3, -0.25) is 0 Å². The molecule has 0 bridgehead atoms. The second-order valence-corrected chi connectivity index (χ2v) is 3.41. The number of hydrogen-bond donors (Lipinski definition) is 1. The van der Waals surface area contributed by atoms with E-state index in [9.17, 15) is 9.90 Å². The molecule has 0 aliphatic heterocycles. The first-order chi connectivity index (χ1) is 8.19. The van der Waals surface area contributed by atoms with Crippen molar-refractivity contribution in [2.75, 3.05) is 7.11 Å². The van der Waals surface area contributed by atoms with Crippen molar-refractivity contribution in [3.05, 3.63) is 52.9 Å². The van der Waals surface area contributed by atoms with Crippen LogP contribution in [0, 0.1) is 11.3 Å². The number of aliphatic hydroxyl groups excluding tert-OH is 1. The summed E-state index contributed by atoms with van der Waals surface area (Å²) in [5.41, 5.74) is -0.466. The fourth-order valence-corrected chi connectivity index (χ4v) is 1.38. The van der Waals surface area contributed by atoms with E-state index in [4.69, 9.17) is 5.39 Å². The first-order valence-electron chi connectivity index (χ1n) is 5.06. The first-order valence-corrected chi connectivity index (χ1v) is 5.06. The van der Waals surface area contributed by atoms with E-state index in [1.807, 2.05) is 36.5 Å². The number of aliphatic hydroxyl groups is 1. The van der Waals surface area contributed by atoms with Crippen molar-refractivity contribution in [3.8, 4) is 0 Å². The minimum absolute atomic E-state index is 0.0635. The summed E-state index contributed by atoms with van der Waals surface area (Å²) in [7, 11) is 1.15. The standard InChI is InChI=1S/C12H12N2O3/c1-17-12(16)11(14-13)10(15)8-9-6-4-2-3-5-7-9/h2-7,9H,8H2,1H3/p+1. The number of ether oxygens (including phenoxy) is 1. The van der Waals surface area contributed by atoms with Gasteiger partial charge in [-0.15, -0.1) is 0 Å². The Hall–Kier alpha value is -2.35. The zero-order valence-electron chi connectivity index (χ0n) is 9.41. The Kier molecular flexibility index (Phi) is 4.70. The quantitative estimate of drug-likeness (QED) is 0.351. The molecule has 1 aliphatic carbocycles. The second kappa shape index (κ2) is 6.28. The molecule has 5 heteroatoms. The van der Waals surface area contributed by atoms with Crippen molar-refractivity contribution >= 4 is 5.97 Å². The van der Waals surface area contributed by atoms with Crippen molar-refractivity contribution in [2.45, 2.75) is 6.42 Å². The molecule has 0 heterocycles. The van der Waals surface area contributed by atoms with E-state index >= 15 is 0 Å². The average molecular weight is 233 g/mol. The number of methoxy groups -OCH3 is 1. The molecular weight excluding hydrogens is 220 g/mol. The number of rotatable bonds is 3. The predicted molar refractivity (Wildman–Crippen MR) is 62.3 cm³/mol. The van der Waals surface area contributed by atoms with Crippen LogP contribution in [0.25, 0.3) is 4.98 Å². The summed E-state index contributed by atoms with van der Waals surface area (Å²) in [6.45, 7) is 0. The highest BCUT2D eigenvalue weighted by Crippen LogP contribution is 2.19. The van der Waals surface area contributed by atoms with Crippen molar-refractivity contribution < 1.29 is 14.6 Å². The number of carbonyl (C=O) groups is 1. The van der Waals surface area contributed by atoms with Crippen LogP contribution in [-0.2, 0) is 9.53 Å². The third-order valence-electron chi connectivity index (χ3n) is 2.23. The highest BCUT2D eigenvalue weighted by atomic mass is 16.5. The Balaban J connectivity index is 2.83. The molecule has 0 amide bonds. The van der Waals surface area contributed by atoms with E-state index in [2.05, 4.69) is 9.71 Å². The van der Waals surface area contributed by atoms with E-state index in [0.29, 0.717) is 0 Å². The molecule has 5 nitrogen and oxygen atoms in total. The van der Waals surface area contributed by atoms with E-state index in [1.165, 1.54) is 0 Å². The molecule has 0 aromatic rings. The van der Waals surface area contributed by atoms with E-state index in [0.717, 1.165) is 7.11 Å². The minimum atomic E-state index is -0.871. The maximum Gasteiger partial charge on any atom is 0.505 e. The highest BCUT2D eigenvalue weighted by molar-refractivity contribution is 5.90.